The normalized spacial score (nSPS) is 24.1. The van der Waals surface area contributed by atoms with Crippen molar-refractivity contribution in [3.05, 3.63) is 24.3 Å². The van der Waals surface area contributed by atoms with E-state index in [0.29, 0.717) is 12.5 Å². The second-order valence-corrected chi connectivity index (χ2v) is 5.21. The molecule has 0 radical (unpaired) electrons. The Hall–Kier alpha value is -1.13. The average Bonchev–Trinajstić information content (AvgIpc) is 2.71. The lowest BCUT2D eigenvalue weighted by atomic mass is 10.1. The fourth-order valence-electron chi connectivity index (χ4n) is 1.59. The van der Waals surface area contributed by atoms with Crippen molar-refractivity contribution in [2.45, 2.75) is 46.0 Å². The fourth-order valence-corrected chi connectivity index (χ4v) is 1.59. The minimum absolute atomic E-state index is 0.178. The summed E-state index contributed by atoms with van der Waals surface area (Å²) >= 11 is 0. The molecule has 1 rings (SSSR count). The number of allylic oxidation sites excluding steroid dienone is 3. The second-order valence-electron chi connectivity index (χ2n) is 5.21. The van der Waals surface area contributed by atoms with Crippen molar-refractivity contribution < 1.29 is 19.0 Å². The van der Waals surface area contributed by atoms with Crippen molar-refractivity contribution in [3.63, 3.8) is 0 Å². The van der Waals surface area contributed by atoms with Gasteiger partial charge >= 0.3 is 5.97 Å². The predicted molar refractivity (Wildman–Crippen MR) is 73.6 cm³/mol. The van der Waals surface area contributed by atoms with Crippen LogP contribution >= 0.6 is 0 Å². The Kier molecular flexibility index (Phi) is 6.25. The number of hydrogen-bond donors (Lipinski definition) is 0. The fraction of sp³-hybridized carbons (Fsp3) is 0.667. The summed E-state index contributed by atoms with van der Waals surface area (Å²) in [4.78, 5) is 11.4. The Balaban J connectivity index is 2.21. The van der Waals surface area contributed by atoms with Crippen LogP contribution in [-0.4, -0.2) is 31.1 Å². The number of ether oxygens (including phenoxy) is 3. The molecule has 0 bridgehead atoms. The van der Waals surface area contributed by atoms with E-state index in [2.05, 4.69) is 19.9 Å². The van der Waals surface area contributed by atoms with E-state index in [1.54, 1.807) is 6.08 Å². The first-order chi connectivity index (χ1) is 8.93. The van der Waals surface area contributed by atoms with E-state index >= 15 is 0 Å². The molecule has 0 unspecified atom stereocenters. The average molecular weight is 268 g/mol. The van der Waals surface area contributed by atoms with Crippen molar-refractivity contribution in [3.8, 4) is 0 Å². The van der Waals surface area contributed by atoms with E-state index in [-0.39, 0.29) is 18.7 Å². The molecule has 0 aromatic rings. The molecule has 1 heterocycles. The quantitative estimate of drug-likeness (QED) is 0.422. The minimum Gasteiger partial charge on any atom is -0.460 e. The lowest BCUT2D eigenvalue weighted by molar-refractivity contribution is -0.154. The van der Waals surface area contributed by atoms with Gasteiger partial charge in [-0.3, -0.25) is 0 Å². The first-order valence-electron chi connectivity index (χ1n) is 6.76. The summed E-state index contributed by atoms with van der Waals surface area (Å²) in [7, 11) is 0. The topological polar surface area (TPSA) is 44.8 Å². The lowest BCUT2D eigenvalue weighted by Gasteiger charge is -2.16. The molecule has 1 aliphatic heterocycles. The molecule has 4 heteroatoms. The zero-order chi connectivity index (χ0) is 14.3. The van der Waals surface area contributed by atoms with Crippen LogP contribution in [0.1, 0.15) is 34.1 Å². The SMILES string of the molecule is CC[C@H](C)/C=C/C=C/C(=O)OC[C@H]1COC(C)(C)O1. The maximum absolute atomic E-state index is 11.4. The van der Waals surface area contributed by atoms with Crippen molar-refractivity contribution in [1.29, 1.82) is 0 Å². The lowest BCUT2D eigenvalue weighted by Crippen LogP contribution is -2.24. The molecule has 19 heavy (non-hydrogen) atoms. The Labute approximate surface area is 115 Å². The smallest absolute Gasteiger partial charge is 0.330 e. The summed E-state index contributed by atoms with van der Waals surface area (Å²) in [5, 5.41) is 0. The van der Waals surface area contributed by atoms with Gasteiger partial charge in [0.1, 0.15) is 12.7 Å². The van der Waals surface area contributed by atoms with E-state index in [0.717, 1.165) is 6.42 Å². The van der Waals surface area contributed by atoms with Crippen LogP contribution in [0.2, 0.25) is 0 Å². The van der Waals surface area contributed by atoms with Crippen LogP contribution in [0.4, 0.5) is 0 Å². The molecule has 4 nitrogen and oxygen atoms in total. The van der Waals surface area contributed by atoms with Gasteiger partial charge in [0, 0.05) is 6.08 Å². The number of esters is 1. The molecule has 0 aromatic heterocycles. The van der Waals surface area contributed by atoms with Gasteiger partial charge in [-0.2, -0.15) is 0 Å². The van der Waals surface area contributed by atoms with Gasteiger partial charge in [0.15, 0.2) is 5.79 Å². The van der Waals surface area contributed by atoms with E-state index < -0.39 is 5.79 Å². The third kappa shape index (κ3) is 6.55. The van der Waals surface area contributed by atoms with Gasteiger partial charge in [-0.1, -0.05) is 38.5 Å². The van der Waals surface area contributed by atoms with E-state index in [9.17, 15) is 4.79 Å². The zero-order valence-electron chi connectivity index (χ0n) is 12.2. The summed E-state index contributed by atoms with van der Waals surface area (Å²) in [5.41, 5.74) is 0. The number of carbonyl (C=O) groups is 1. The highest BCUT2D eigenvalue weighted by Gasteiger charge is 2.33. The first-order valence-corrected chi connectivity index (χ1v) is 6.76. The van der Waals surface area contributed by atoms with Crippen LogP contribution in [0, 0.1) is 5.92 Å². The Bertz CT molecular complexity index is 344. The van der Waals surface area contributed by atoms with Gasteiger partial charge in [0.25, 0.3) is 0 Å². The molecule has 0 aromatic carbocycles. The van der Waals surface area contributed by atoms with E-state index in [1.807, 2.05) is 19.9 Å². The summed E-state index contributed by atoms with van der Waals surface area (Å²) in [5.74, 6) is -0.416. The van der Waals surface area contributed by atoms with Gasteiger partial charge < -0.3 is 14.2 Å². The maximum Gasteiger partial charge on any atom is 0.330 e. The first kappa shape index (κ1) is 15.9. The van der Waals surface area contributed by atoms with Crippen LogP contribution in [0.25, 0.3) is 0 Å². The van der Waals surface area contributed by atoms with Crippen molar-refractivity contribution in [2.24, 2.45) is 5.92 Å². The third-order valence-electron chi connectivity index (χ3n) is 2.91. The van der Waals surface area contributed by atoms with Crippen molar-refractivity contribution >= 4 is 5.97 Å². The largest absolute Gasteiger partial charge is 0.460 e. The predicted octanol–water partition coefficient (Wildman–Crippen LogP) is 2.84. The molecule has 0 saturated carbocycles. The number of rotatable bonds is 6. The molecule has 2 atom stereocenters. The summed E-state index contributed by atoms with van der Waals surface area (Å²) in [6.45, 7) is 8.61. The molecular weight excluding hydrogens is 244 g/mol. The molecule has 0 amide bonds. The highest BCUT2D eigenvalue weighted by Crippen LogP contribution is 2.22. The second kappa shape index (κ2) is 7.46. The molecule has 0 N–H and O–H groups in total. The summed E-state index contributed by atoms with van der Waals surface area (Å²) < 4.78 is 16.0. The van der Waals surface area contributed by atoms with Crippen molar-refractivity contribution in [1.82, 2.24) is 0 Å². The Morgan fingerprint density at radius 1 is 1.47 bits per heavy atom. The summed E-state index contributed by atoms with van der Waals surface area (Å²) in [6.07, 6.45) is 7.95. The minimum atomic E-state index is -0.577. The molecule has 108 valence electrons. The molecule has 1 aliphatic rings. The van der Waals surface area contributed by atoms with Gasteiger partial charge in [-0.25, -0.2) is 4.79 Å². The molecule has 0 spiro atoms. The highest BCUT2D eigenvalue weighted by atomic mass is 16.7. The van der Waals surface area contributed by atoms with E-state index in [4.69, 9.17) is 14.2 Å². The zero-order valence-corrected chi connectivity index (χ0v) is 12.2. The monoisotopic (exact) mass is 268 g/mol. The van der Waals surface area contributed by atoms with Gasteiger partial charge in [0.2, 0.25) is 0 Å². The maximum atomic E-state index is 11.4. The van der Waals surface area contributed by atoms with E-state index in [1.165, 1.54) is 6.08 Å². The molecular formula is C15H24O4. The van der Waals surface area contributed by atoms with Crippen LogP contribution in [-0.2, 0) is 19.0 Å². The van der Waals surface area contributed by atoms with Crippen LogP contribution in [0.5, 0.6) is 0 Å². The Morgan fingerprint density at radius 2 is 2.21 bits per heavy atom. The third-order valence-corrected chi connectivity index (χ3v) is 2.91. The highest BCUT2D eigenvalue weighted by molar-refractivity contribution is 5.82. The molecule has 0 aliphatic carbocycles. The van der Waals surface area contributed by atoms with Crippen LogP contribution in [0.3, 0.4) is 0 Å². The van der Waals surface area contributed by atoms with Crippen LogP contribution < -0.4 is 0 Å². The number of carbonyl (C=O) groups excluding carboxylic acids is 1. The Morgan fingerprint density at radius 3 is 2.79 bits per heavy atom. The van der Waals surface area contributed by atoms with Gasteiger partial charge in [-0.05, 0) is 19.8 Å². The standard InChI is InChI=1S/C15H24O4/c1-5-12(2)8-6-7-9-14(16)17-10-13-11-18-15(3,4)19-13/h6-9,12-13H,5,10-11H2,1-4H3/b8-6+,9-7+/t12-,13-/m0/s1. The van der Waals surface area contributed by atoms with Crippen LogP contribution in [0.15, 0.2) is 24.3 Å². The number of hydrogen-bond acceptors (Lipinski definition) is 4. The van der Waals surface area contributed by atoms with Crippen molar-refractivity contribution in [2.75, 3.05) is 13.2 Å². The molecule has 1 saturated heterocycles. The summed E-state index contributed by atoms with van der Waals surface area (Å²) in [6, 6.07) is 0. The molecule has 1 fully saturated rings. The van der Waals surface area contributed by atoms with Gasteiger partial charge in [0.05, 0.1) is 6.61 Å². The van der Waals surface area contributed by atoms with Gasteiger partial charge in [-0.15, -0.1) is 0 Å².